The fraction of sp³-hybridized carbons (Fsp3) is 0.250. The van der Waals surface area contributed by atoms with E-state index in [0.717, 1.165) is 27.3 Å². The largest absolute Gasteiger partial charge is 0.392 e. The molecule has 5 rings (SSSR count). The summed E-state index contributed by atoms with van der Waals surface area (Å²) in [5, 5.41) is 16.2. The van der Waals surface area contributed by atoms with Crippen LogP contribution in [0.1, 0.15) is 41.6 Å². The number of rotatable bonds is 9. The maximum Gasteiger partial charge on any atom is 0.319 e. The summed E-state index contributed by atoms with van der Waals surface area (Å²) in [5.74, 6) is 0.779. The normalized spacial score (nSPS) is 20.6. The van der Waals surface area contributed by atoms with Gasteiger partial charge < -0.3 is 25.2 Å². The van der Waals surface area contributed by atoms with Crippen molar-refractivity contribution in [1.29, 1.82) is 0 Å². The molecule has 2 heterocycles. The van der Waals surface area contributed by atoms with Crippen LogP contribution in [0.3, 0.4) is 0 Å². The van der Waals surface area contributed by atoms with Gasteiger partial charge in [0.1, 0.15) is 0 Å². The predicted molar refractivity (Wildman–Crippen MR) is 157 cm³/mol. The minimum atomic E-state index is -0.623. The molecule has 0 unspecified atom stereocenters. The van der Waals surface area contributed by atoms with Gasteiger partial charge in [-0.25, -0.2) is 9.78 Å². The van der Waals surface area contributed by atoms with Crippen molar-refractivity contribution < 1.29 is 19.4 Å². The van der Waals surface area contributed by atoms with E-state index in [0.29, 0.717) is 18.0 Å². The smallest absolute Gasteiger partial charge is 0.319 e. The second-order valence-corrected chi connectivity index (χ2v) is 10.8. The lowest BCUT2D eigenvalue weighted by Gasteiger charge is -2.41. The molecule has 4 atom stereocenters. The van der Waals surface area contributed by atoms with Crippen LogP contribution in [0.25, 0.3) is 0 Å². The molecule has 3 N–H and O–H groups in total. The average molecular weight is 556 g/mol. The highest BCUT2D eigenvalue weighted by atomic mass is 32.2. The number of carbonyl (C=O) groups excluding carboxylic acids is 1. The van der Waals surface area contributed by atoms with Gasteiger partial charge in [-0.05, 0) is 41.0 Å². The minimum Gasteiger partial charge on any atom is -0.392 e. The number of ether oxygens (including phenoxy) is 2. The third kappa shape index (κ3) is 7.28. The number of pyridine rings is 1. The fourth-order valence-electron chi connectivity index (χ4n) is 4.63. The monoisotopic (exact) mass is 555 g/mol. The third-order valence-electron chi connectivity index (χ3n) is 6.87. The summed E-state index contributed by atoms with van der Waals surface area (Å²) in [6, 6.07) is 30.8. The first-order chi connectivity index (χ1) is 19.6. The molecule has 0 radical (unpaired) electrons. The summed E-state index contributed by atoms with van der Waals surface area (Å²) in [5.41, 5.74) is 4.37. The lowest BCUT2D eigenvalue weighted by atomic mass is 9.91. The lowest BCUT2D eigenvalue weighted by Crippen LogP contribution is -2.38. The van der Waals surface area contributed by atoms with Gasteiger partial charge in [0, 0.05) is 35.7 Å². The molecule has 0 saturated carbocycles. The van der Waals surface area contributed by atoms with Crippen molar-refractivity contribution in [2.75, 3.05) is 11.1 Å². The highest BCUT2D eigenvalue weighted by molar-refractivity contribution is 7.99. The van der Waals surface area contributed by atoms with Gasteiger partial charge in [0.2, 0.25) is 0 Å². The molecule has 1 aromatic heterocycles. The second kappa shape index (κ2) is 13.6. The number of benzene rings is 3. The van der Waals surface area contributed by atoms with Crippen molar-refractivity contribution in [1.82, 2.24) is 10.3 Å². The highest BCUT2D eigenvalue weighted by Crippen LogP contribution is 2.43. The second-order valence-electron chi connectivity index (χ2n) is 9.72. The summed E-state index contributed by atoms with van der Waals surface area (Å²) < 4.78 is 13.1. The molecule has 1 aliphatic heterocycles. The Morgan fingerprint density at radius 2 is 1.70 bits per heavy atom. The Morgan fingerprint density at radius 3 is 2.45 bits per heavy atom. The van der Waals surface area contributed by atoms with Crippen LogP contribution in [0, 0.1) is 5.92 Å². The van der Waals surface area contributed by atoms with Gasteiger partial charge in [-0.2, -0.15) is 0 Å². The Kier molecular flexibility index (Phi) is 9.46. The van der Waals surface area contributed by atoms with Gasteiger partial charge >= 0.3 is 6.03 Å². The molecule has 7 nitrogen and oxygen atoms in total. The van der Waals surface area contributed by atoms with Crippen molar-refractivity contribution in [3.05, 3.63) is 126 Å². The van der Waals surface area contributed by atoms with Crippen LogP contribution in [-0.2, 0) is 22.6 Å². The first-order valence-electron chi connectivity index (χ1n) is 13.3. The number of amides is 2. The molecular weight excluding hydrogens is 522 g/mol. The molecule has 0 aliphatic carbocycles. The molecule has 0 bridgehead atoms. The maximum atomic E-state index is 12.6. The Hall–Kier alpha value is -3.69. The zero-order valence-electron chi connectivity index (χ0n) is 22.3. The summed E-state index contributed by atoms with van der Waals surface area (Å²) >= 11 is 1.66. The number of hydrogen-bond donors (Lipinski definition) is 3. The molecule has 40 heavy (non-hydrogen) atoms. The summed E-state index contributed by atoms with van der Waals surface area (Å²) in [6.45, 7) is 2.57. The first kappa shape index (κ1) is 27.9. The number of aliphatic hydroxyl groups excluding tert-OH is 1. The Labute approximate surface area is 239 Å². The minimum absolute atomic E-state index is 0.00481. The van der Waals surface area contributed by atoms with Crippen LogP contribution in [0.15, 0.2) is 108 Å². The number of urea groups is 1. The molecule has 1 aliphatic rings. The lowest BCUT2D eigenvalue weighted by molar-refractivity contribution is -0.268. The molecule has 1 saturated heterocycles. The standard InChI is InChI=1S/C32H33N3O4S/c1-22-28(21-40-29-12-5-6-17-33-29)38-31(39-30(22)25-15-13-24(20-36)14-16-25)26-10-7-11-27(18-26)35-32(37)34-19-23-8-3-2-4-9-23/h2-18,22,28,30-31,36H,19-21H2,1H3,(H2,34,35,37)/t22-,28+,30+,31+/m0/s1. The van der Waals surface area contributed by atoms with Gasteiger partial charge in [0.25, 0.3) is 0 Å². The Balaban J connectivity index is 1.32. The SMILES string of the molecule is C[C@H]1[C@@H](CSc2ccccn2)O[C@@H](c2cccc(NC(=O)NCc3ccccc3)c2)O[C@H]1c1ccc(CO)cc1. The van der Waals surface area contributed by atoms with Crippen LogP contribution in [0.4, 0.5) is 10.5 Å². The molecule has 0 spiro atoms. The van der Waals surface area contributed by atoms with Crippen LogP contribution >= 0.6 is 11.8 Å². The van der Waals surface area contributed by atoms with Crippen LogP contribution in [0.2, 0.25) is 0 Å². The Bertz CT molecular complexity index is 1370. The molecular formula is C32H33N3O4S. The number of aromatic nitrogens is 1. The van der Waals surface area contributed by atoms with E-state index in [1.54, 1.807) is 18.0 Å². The quantitative estimate of drug-likeness (QED) is 0.205. The van der Waals surface area contributed by atoms with Gasteiger partial charge in [-0.1, -0.05) is 79.7 Å². The van der Waals surface area contributed by atoms with Crippen LogP contribution < -0.4 is 10.6 Å². The van der Waals surface area contributed by atoms with Gasteiger partial charge in [-0.15, -0.1) is 11.8 Å². The molecule has 3 aromatic carbocycles. The van der Waals surface area contributed by atoms with E-state index in [9.17, 15) is 9.90 Å². The molecule has 206 valence electrons. The van der Waals surface area contributed by atoms with E-state index >= 15 is 0 Å². The predicted octanol–water partition coefficient (Wildman–Crippen LogP) is 6.48. The topological polar surface area (TPSA) is 92.7 Å². The number of hydrogen-bond acceptors (Lipinski definition) is 6. The maximum absolute atomic E-state index is 12.6. The number of thioether (sulfide) groups is 1. The van der Waals surface area contributed by atoms with E-state index < -0.39 is 6.29 Å². The van der Waals surface area contributed by atoms with E-state index in [-0.39, 0.29) is 30.8 Å². The zero-order valence-corrected chi connectivity index (χ0v) is 23.1. The molecule has 8 heteroatoms. The molecule has 1 fully saturated rings. The summed E-state index contributed by atoms with van der Waals surface area (Å²) in [6.07, 6.45) is 0.840. The van der Waals surface area contributed by atoms with E-state index in [2.05, 4.69) is 22.5 Å². The summed E-state index contributed by atoms with van der Waals surface area (Å²) in [7, 11) is 0. The third-order valence-corrected chi connectivity index (χ3v) is 7.90. The van der Waals surface area contributed by atoms with Gasteiger partial charge in [0.15, 0.2) is 6.29 Å². The number of aliphatic hydroxyl groups is 1. The van der Waals surface area contributed by atoms with Crippen molar-refractivity contribution in [3.63, 3.8) is 0 Å². The van der Waals surface area contributed by atoms with Crippen molar-refractivity contribution >= 4 is 23.5 Å². The number of nitrogens with zero attached hydrogens (tertiary/aromatic N) is 1. The average Bonchev–Trinajstić information content (AvgIpc) is 3.01. The van der Waals surface area contributed by atoms with E-state index in [4.69, 9.17) is 9.47 Å². The number of carbonyl (C=O) groups is 1. The van der Waals surface area contributed by atoms with Gasteiger partial charge in [0.05, 0.1) is 23.8 Å². The van der Waals surface area contributed by atoms with Gasteiger partial charge in [-0.3, -0.25) is 0 Å². The number of nitrogens with one attached hydrogen (secondary N) is 2. The Morgan fingerprint density at radius 1 is 0.900 bits per heavy atom. The van der Waals surface area contributed by atoms with Crippen molar-refractivity contribution in [2.24, 2.45) is 5.92 Å². The van der Waals surface area contributed by atoms with Crippen LogP contribution in [0.5, 0.6) is 0 Å². The zero-order chi connectivity index (χ0) is 27.7. The van der Waals surface area contributed by atoms with Crippen molar-refractivity contribution in [3.8, 4) is 0 Å². The van der Waals surface area contributed by atoms with Crippen LogP contribution in [-0.4, -0.2) is 28.0 Å². The van der Waals surface area contributed by atoms with Crippen molar-refractivity contribution in [2.45, 2.75) is 43.6 Å². The summed E-state index contributed by atoms with van der Waals surface area (Å²) in [4.78, 5) is 17.0. The fourth-order valence-corrected chi connectivity index (χ4v) is 5.65. The van der Waals surface area contributed by atoms with E-state index in [1.165, 1.54) is 0 Å². The van der Waals surface area contributed by atoms with E-state index in [1.807, 2.05) is 97.1 Å². The highest BCUT2D eigenvalue weighted by Gasteiger charge is 2.38. The molecule has 2 amide bonds. The first-order valence-corrected chi connectivity index (χ1v) is 14.3. The molecule has 4 aromatic rings. The number of anilines is 1.